The number of rotatable bonds is 4. The molecular weight excluding hydrogens is 394 g/mol. The first-order valence-corrected chi connectivity index (χ1v) is 12.2. The van der Waals surface area contributed by atoms with Crippen LogP contribution in [0.4, 0.5) is 0 Å². The van der Waals surface area contributed by atoms with Gasteiger partial charge in [0.25, 0.3) is 20.4 Å². The van der Waals surface area contributed by atoms with Crippen molar-refractivity contribution < 1.29 is 21.6 Å². The average Bonchev–Trinajstić information content (AvgIpc) is 2.61. The van der Waals surface area contributed by atoms with E-state index < -0.39 is 20.4 Å². The lowest BCUT2D eigenvalue weighted by Crippen LogP contribution is -2.60. The molecule has 3 heterocycles. The topological polar surface area (TPSA) is 93.7 Å². The molecule has 3 saturated heterocycles. The van der Waals surface area contributed by atoms with Gasteiger partial charge in [0.15, 0.2) is 0 Å². The Morgan fingerprint density at radius 3 is 1.37 bits per heavy atom. The summed E-state index contributed by atoms with van der Waals surface area (Å²) in [5.74, 6) is 0. The molecule has 12 heteroatoms. The van der Waals surface area contributed by atoms with Crippen molar-refractivity contribution in [3.05, 3.63) is 0 Å². The molecule has 0 radical (unpaired) electrons. The molecule has 2 unspecified atom stereocenters. The maximum Gasteiger partial charge on any atom is 0.282 e. The zero-order chi connectivity index (χ0) is 19.8. The van der Waals surface area contributed by atoms with E-state index in [1.54, 1.807) is 0 Å². The fourth-order valence-corrected chi connectivity index (χ4v) is 7.12. The van der Waals surface area contributed by atoms with Crippen molar-refractivity contribution in [3.8, 4) is 0 Å². The van der Waals surface area contributed by atoms with Gasteiger partial charge in [-0.05, 0) is 20.9 Å². The van der Waals surface area contributed by atoms with Gasteiger partial charge < -0.3 is 9.64 Å². The smallest absolute Gasteiger partial charge is 0.282 e. The Hall–Kier alpha value is -0.340. The normalized spacial score (nSPS) is 32.0. The van der Waals surface area contributed by atoms with Crippen molar-refractivity contribution >= 4 is 20.4 Å². The van der Waals surface area contributed by atoms with E-state index in [1.165, 1.54) is 17.2 Å². The molecule has 0 spiro atoms. The van der Waals surface area contributed by atoms with E-state index in [9.17, 15) is 16.8 Å². The lowest BCUT2D eigenvalue weighted by molar-refractivity contribution is -0.0456. The minimum Gasteiger partial charge on any atom is -0.373 e. The number of piperazine rings is 2. The fourth-order valence-electron chi connectivity index (χ4n) is 3.80. The van der Waals surface area contributed by atoms with Crippen molar-refractivity contribution in [2.75, 3.05) is 72.5 Å². The second-order valence-electron chi connectivity index (χ2n) is 7.59. The Labute approximate surface area is 163 Å². The van der Waals surface area contributed by atoms with Gasteiger partial charge in [0.2, 0.25) is 0 Å². The van der Waals surface area contributed by atoms with Crippen LogP contribution in [0, 0.1) is 0 Å². The van der Waals surface area contributed by atoms with Crippen LogP contribution in [0.5, 0.6) is 0 Å². The van der Waals surface area contributed by atoms with Crippen LogP contribution < -0.4 is 0 Å². The first kappa shape index (κ1) is 21.4. The summed E-state index contributed by atoms with van der Waals surface area (Å²) < 4.78 is 62.9. The molecule has 0 N–H and O–H groups in total. The van der Waals surface area contributed by atoms with Crippen molar-refractivity contribution in [3.63, 3.8) is 0 Å². The van der Waals surface area contributed by atoms with Gasteiger partial charge in [-0.3, -0.25) is 0 Å². The van der Waals surface area contributed by atoms with Gasteiger partial charge in [0.1, 0.15) is 0 Å². The highest BCUT2D eigenvalue weighted by Gasteiger charge is 2.40. The molecule has 0 aromatic rings. The van der Waals surface area contributed by atoms with E-state index >= 15 is 0 Å². The molecule has 2 atom stereocenters. The third kappa shape index (κ3) is 4.64. The standard InChI is InChI=1S/C15H31N5O5S2/c1-14-12-20(13-15(2)25-14)27(23,24)19-10-8-18(9-11-19)26(21,22)17-6-4-16(3)5-7-17/h14-15H,4-13H2,1-3H3. The van der Waals surface area contributed by atoms with E-state index in [2.05, 4.69) is 4.90 Å². The largest absolute Gasteiger partial charge is 0.373 e. The zero-order valence-corrected chi connectivity index (χ0v) is 18.0. The summed E-state index contributed by atoms with van der Waals surface area (Å²) in [6, 6.07) is 0. The van der Waals surface area contributed by atoms with E-state index in [0.29, 0.717) is 39.3 Å². The number of morpholine rings is 1. The molecule has 10 nitrogen and oxygen atoms in total. The minimum atomic E-state index is -3.61. The average molecular weight is 426 g/mol. The quantitative estimate of drug-likeness (QED) is 0.541. The highest BCUT2D eigenvalue weighted by Crippen LogP contribution is 2.21. The SMILES string of the molecule is CC1CN(S(=O)(=O)N2CCN(S(=O)(=O)N3CCN(C)CC3)CC2)CC(C)O1. The van der Waals surface area contributed by atoms with Crippen molar-refractivity contribution in [1.82, 2.24) is 22.1 Å². The number of likely N-dealkylation sites (N-methyl/N-ethyl adjacent to an activating group) is 1. The molecule has 3 aliphatic rings. The third-order valence-electron chi connectivity index (χ3n) is 5.35. The van der Waals surface area contributed by atoms with Crippen LogP contribution >= 0.6 is 0 Å². The molecule has 3 fully saturated rings. The van der Waals surface area contributed by atoms with Crippen LogP contribution in [0.3, 0.4) is 0 Å². The first-order valence-electron chi connectivity index (χ1n) is 9.45. The summed E-state index contributed by atoms with van der Waals surface area (Å²) >= 11 is 0. The number of hydrogen-bond donors (Lipinski definition) is 0. The summed E-state index contributed by atoms with van der Waals surface area (Å²) in [4.78, 5) is 2.10. The first-order chi connectivity index (χ1) is 12.6. The third-order valence-corrected chi connectivity index (χ3v) is 9.36. The maximum atomic E-state index is 12.9. The molecule has 0 amide bonds. The van der Waals surface area contributed by atoms with Gasteiger partial charge >= 0.3 is 0 Å². The van der Waals surface area contributed by atoms with Crippen molar-refractivity contribution in [1.29, 1.82) is 0 Å². The minimum absolute atomic E-state index is 0.151. The Morgan fingerprint density at radius 1 is 0.630 bits per heavy atom. The summed E-state index contributed by atoms with van der Waals surface area (Å²) in [7, 11) is -5.17. The molecule has 0 bridgehead atoms. The second-order valence-corrected chi connectivity index (χ2v) is 11.4. The van der Waals surface area contributed by atoms with Gasteiger partial charge in [-0.1, -0.05) is 0 Å². The molecule has 158 valence electrons. The van der Waals surface area contributed by atoms with Gasteiger partial charge in [0.05, 0.1) is 12.2 Å². The van der Waals surface area contributed by atoms with Crippen LogP contribution in [-0.2, 0) is 25.2 Å². The fraction of sp³-hybridized carbons (Fsp3) is 1.00. The summed E-state index contributed by atoms with van der Waals surface area (Å²) in [5, 5.41) is 0. The Morgan fingerprint density at radius 2 is 0.963 bits per heavy atom. The van der Waals surface area contributed by atoms with Gasteiger partial charge in [-0.25, -0.2) is 0 Å². The number of ether oxygens (including phenoxy) is 1. The van der Waals surface area contributed by atoms with Crippen LogP contribution in [0.1, 0.15) is 13.8 Å². The lowest BCUT2D eigenvalue weighted by Gasteiger charge is -2.41. The second kappa shape index (κ2) is 8.19. The van der Waals surface area contributed by atoms with Crippen LogP contribution in [0.15, 0.2) is 0 Å². The summed E-state index contributed by atoms with van der Waals surface area (Å²) in [6.07, 6.45) is -0.301. The molecule has 0 saturated carbocycles. The maximum absolute atomic E-state index is 12.9. The van der Waals surface area contributed by atoms with Crippen molar-refractivity contribution in [2.24, 2.45) is 0 Å². The van der Waals surface area contributed by atoms with E-state index in [4.69, 9.17) is 4.74 Å². The monoisotopic (exact) mass is 425 g/mol. The van der Waals surface area contributed by atoms with E-state index in [1.807, 2.05) is 20.9 Å². The van der Waals surface area contributed by atoms with Crippen LogP contribution in [0.2, 0.25) is 0 Å². The summed E-state index contributed by atoms with van der Waals surface area (Å²) in [5.41, 5.74) is 0. The molecule has 0 aliphatic carbocycles. The molecular formula is C15H31N5O5S2. The molecule has 27 heavy (non-hydrogen) atoms. The molecule has 0 aromatic heterocycles. The Bertz CT molecular complexity index is 705. The Balaban J connectivity index is 1.61. The number of nitrogens with zero attached hydrogens (tertiary/aromatic N) is 5. The van der Waals surface area contributed by atoms with Crippen LogP contribution in [0.25, 0.3) is 0 Å². The van der Waals surface area contributed by atoms with Crippen molar-refractivity contribution in [2.45, 2.75) is 26.1 Å². The van der Waals surface area contributed by atoms with Gasteiger partial charge in [0, 0.05) is 65.4 Å². The highest BCUT2D eigenvalue weighted by atomic mass is 32.2. The highest BCUT2D eigenvalue weighted by molar-refractivity contribution is 7.87. The van der Waals surface area contributed by atoms with Gasteiger partial charge in [-0.2, -0.15) is 34.1 Å². The lowest BCUT2D eigenvalue weighted by atomic mass is 10.3. The van der Waals surface area contributed by atoms with E-state index in [-0.39, 0.29) is 38.4 Å². The van der Waals surface area contributed by atoms with Gasteiger partial charge in [-0.15, -0.1) is 0 Å². The molecule has 3 rings (SSSR count). The molecule has 3 aliphatic heterocycles. The Kier molecular flexibility index (Phi) is 6.48. The van der Waals surface area contributed by atoms with Crippen LogP contribution in [-0.4, -0.2) is 124 Å². The van der Waals surface area contributed by atoms with E-state index in [0.717, 1.165) is 0 Å². The summed E-state index contributed by atoms with van der Waals surface area (Å²) in [6.45, 7) is 7.46. The number of hydrogen-bond acceptors (Lipinski definition) is 6. The zero-order valence-electron chi connectivity index (χ0n) is 16.3. The molecule has 0 aromatic carbocycles. The predicted molar refractivity (Wildman–Crippen MR) is 102 cm³/mol. The predicted octanol–water partition coefficient (Wildman–Crippen LogP) is -1.55.